The van der Waals surface area contributed by atoms with Crippen LogP contribution in [-0.4, -0.2) is 35.3 Å². The minimum atomic E-state index is 0.411. The van der Waals surface area contributed by atoms with Crippen LogP contribution in [0, 0.1) is 11.7 Å². The van der Waals surface area contributed by atoms with Crippen LogP contribution in [0.5, 0.6) is 11.5 Å². The van der Waals surface area contributed by atoms with Crippen molar-refractivity contribution in [3.8, 4) is 22.9 Å². The number of aryl methyl sites for hydroxylation is 1. The molecule has 7 heteroatoms. The smallest absolute Gasteiger partial charge is 0.216 e. The number of nitrogens with zero attached hydrogens (tertiary/aromatic N) is 3. The van der Waals surface area contributed by atoms with Gasteiger partial charge < -0.3 is 9.47 Å². The number of hydrogen-bond donors (Lipinski definition) is 1. The quantitative estimate of drug-likeness (QED) is 0.559. The van der Waals surface area contributed by atoms with E-state index in [1.807, 2.05) is 49.4 Å². The Morgan fingerprint density at radius 2 is 1.92 bits per heavy atom. The number of rotatable bonds is 5. The Morgan fingerprint density at radius 3 is 2.64 bits per heavy atom. The maximum absolute atomic E-state index is 5.35. The summed E-state index contributed by atoms with van der Waals surface area (Å²) in [5.74, 6) is 1.85. The molecule has 1 N–H and O–H groups in total. The fourth-order valence-electron chi connectivity index (χ4n) is 2.44. The molecule has 0 saturated heterocycles. The normalized spacial score (nSPS) is 11.0. The predicted molar refractivity (Wildman–Crippen MR) is 100 cm³/mol. The van der Waals surface area contributed by atoms with Crippen molar-refractivity contribution < 1.29 is 9.47 Å². The summed E-state index contributed by atoms with van der Waals surface area (Å²) in [7, 11) is 3.19. The predicted octanol–water partition coefficient (Wildman–Crippen LogP) is 3.82. The van der Waals surface area contributed by atoms with Crippen molar-refractivity contribution in [1.82, 2.24) is 14.9 Å². The molecule has 2 aromatic carbocycles. The number of aromatic nitrogens is 3. The van der Waals surface area contributed by atoms with Gasteiger partial charge in [0.1, 0.15) is 0 Å². The second-order valence-corrected chi connectivity index (χ2v) is 5.78. The standard InChI is InChI=1S/C18H18N4O2S/c1-12-5-4-6-13(9-12)11-19-22-17(20-21-18(22)25)14-7-8-15(23-2)16(10-14)24-3/h4-11H,1-3H3,(H,21,25)/b19-11-. The average molecular weight is 354 g/mol. The maximum Gasteiger partial charge on any atom is 0.216 e. The van der Waals surface area contributed by atoms with E-state index in [9.17, 15) is 0 Å². The third kappa shape index (κ3) is 3.61. The highest BCUT2D eigenvalue weighted by molar-refractivity contribution is 7.71. The van der Waals surface area contributed by atoms with Crippen molar-refractivity contribution >= 4 is 18.4 Å². The third-order valence-corrected chi connectivity index (χ3v) is 3.92. The number of hydrogen-bond acceptors (Lipinski definition) is 5. The molecule has 0 aliphatic heterocycles. The van der Waals surface area contributed by atoms with Gasteiger partial charge in [0.05, 0.1) is 20.4 Å². The lowest BCUT2D eigenvalue weighted by molar-refractivity contribution is 0.355. The molecule has 0 aliphatic carbocycles. The van der Waals surface area contributed by atoms with Crippen LogP contribution in [0.1, 0.15) is 11.1 Å². The molecule has 1 aromatic heterocycles. The number of aromatic amines is 1. The third-order valence-electron chi connectivity index (χ3n) is 3.66. The summed E-state index contributed by atoms with van der Waals surface area (Å²) < 4.78 is 12.6. The second-order valence-electron chi connectivity index (χ2n) is 5.39. The Kier molecular flexibility index (Phi) is 4.95. The average Bonchev–Trinajstić information content (AvgIpc) is 3.00. The van der Waals surface area contributed by atoms with Crippen molar-refractivity contribution in [3.63, 3.8) is 0 Å². The Labute approximate surface area is 150 Å². The molecule has 25 heavy (non-hydrogen) atoms. The van der Waals surface area contributed by atoms with Gasteiger partial charge in [-0.15, -0.1) is 0 Å². The van der Waals surface area contributed by atoms with E-state index in [0.29, 0.717) is 22.1 Å². The van der Waals surface area contributed by atoms with Crippen molar-refractivity contribution in [3.05, 3.63) is 58.4 Å². The summed E-state index contributed by atoms with van der Waals surface area (Å²) in [5.41, 5.74) is 2.97. The zero-order valence-electron chi connectivity index (χ0n) is 14.2. The molecule has 3 rings (SSSR count). The van der Waals surface area contributed by atoms with Gasteiger partial charge in [-0.3, -0.25) is 0 Å². The molecule has 128 valence electrons. The van der Waals surface area contributed by atoms with Crippen LogP contribution < -0.4 is 9.47 Å². The van der Waals surface area contributed by atoms with Crippen molar-refractivity contribution in [1.29, 1.82) is 0 Å². The fourth-order valence-corrected chi connectivity index (χ4v) is 2.62. The molecule has 6 nitrogen and oxygen atoms in total. The van der Waals surface area contributed by atoms with E-state index in [0.717, 1.165) is 11.1 Å². The van der Waals surface area contributed by atoms with Crippen LogP contribution in [0.4, 0.5) is 0 Å². The Bertz CT molecular complexity index is 975. The molecule has 0 aliphatic rings. The van der Waals surface area contributed by atoms with Gasteiger partial charge >= 0.3 is 0 Å². The number of nitrogens with one attached hydrogen (secondary N) is 1. The highest BCUT2D eigenvalue weighted by Gasteiger charge is 2.12. The lowest BCUT2D eigenvalue weighted by Gasteiger charge is -2.09. The van der Waals surface area contributed by atoms with Gasteiger partial charge in [-0.1, -0.05) is 29.8 Å². The van der Waals surface area contributed by atoms with Crippen LogP contribution in [0.15, 0.2) is 47.6 Å². The molecule has 0 bridgehead atoms. The molecule has 1 heterocycles. The van der Waals surface area contributed by atoms with Gasteiger partial charge in [0.25, 0.3) is 0 Å². The minimum Gasteiger partial charge on any atom is -0.493 e. The summed E-state index contributed by atoms with van der Waals surface area (Å²) in [6.45, 7) is 2.04. The number of ether oxygens (including phenoxy) is 2. The summed E-state index contributed by atoms with van der Waals surface area (Å²) in [4.78, 5) is 0. The van der Waals surface area contributed by atoms with Crippen molar-refractivity contribution in [2.24, 2.45) is 5.10 Å². The van der Waals surface area contributed by atoms with Gasteiger partial charge in [-0.05, 0) is 42.9 Å². The van der Waals surface area contributed by atoms with Gasteiger partial charge in [0, 0.05) is 5.56 Å². The van der Waals surface area contributed by atoms with E-state index in [1.54, 1.807) is 25.1 Å². The van der Waals surface area contributed by atoms with Crippen molar-refractivity contribution in [2.45, 2.75) is 6.92 Å². The van der Waals surface area contributed by atoms with Gasteiger partial charge in [-0.2, -0.15) is 14.9 Å². The van der Waals surface area contributed by atoms with E-state index in [2.05, 4.69) is 15.3 Å². The first-order chi connectivity index (χ1) is 12.1. The van der Waals surface area contributed by atoms with E-state index >= 15 is 0 Å². The number of methoxy groups -OCH3 is 2. The lowest BCUT2D eigenvalue weighted by atomic mass is 10.2. The van der Waals surface area contributed by atoms with Crippen LogP contribution in [-0.2, 0) is 0 Å². The maximum atomic E-state index is 5.35. The van der Waals surface area contributed by atoms with E-state index < -0.39 is 0 Å². The number of H-pyrrole nitrogens is 1. The molecule has 3 aromatic rings. The Morgan fingerprint density at radius 1 is 1.12 bits per heavy atom. The minimum absolute atomic E-state index is 0.411. The summed E-state index contributed by atoms with van der Waals surface area (Å²) in [5, 5.41) is 11.5. The van der Waals surface area contributed by atoms with E-state index in [-0.39, 0.29) is 0 Å². The Balaban J connectivity index is 2.01. The Hall–Kier alpha value is -2.93. The largest absolute Gasteiger partial charge is 0.493 e. The first-order valence-electron chi connectivity index (χ1n) is 7.63. The second kappa shape index (κ2) is 7.31. The molecular weight excluding hydrogens is 336 g/mol. The molecule has 0 atom stereocenters. The molecule has 0 spiro atoms. The lowest BCUT2D eigenvalue weighted by Crippen LogP contribution is -1.96. The van der Waals surface area contributed by atoms with Crippen LogP contribution in [0.3, 0.4) is 0 Å². The first-order valence-corrected chi connectivity index (χ1v) is 8.04. The fraction of sp³-hybridized carbons (Fsp3) is 0.167. The number of benzene rings is 2. The molecule has 0 fully saturated rings. The highest BCUT2D eigenvalue weighted by atomic mass is 32.1. The monoisotopic (exact) mass is 354 g/mol. The van der Waals surface area contributed by atoms with E-state index in [1.165, 1.54) is 5.56 Å². The van der Waals surface area contributed by atoms with E-state index in [4.69, 9.17) is 21.7 Å². The molecular formula is C18H18N4O2S. The highest BCUT2D eigenvalue weighted by Crippen LogP contribution is 2.31. The molecule has 0 saturated carbocycles. The van der Waals surface area contributed by atoms with Crippen LogP contribution in [0.25, 0.3) is 11.4 Å². The van der Waals surface area contributed by atoms with Gasteiger partial charge in [0.15, 0.2) is 17.3 Å². The molecule has 0 amide bonds. The zero-order chi connectivity index (χ0) is 17.8. The van der Waals surface area contributed by atoms with Crippen LogP contribution in [0.2, 0.25) is 0 Å². The van der Waals surface area contributed by atoms with Crippen LogP contribution >= 0.6 is 12.2 Å². The SMILES string of the molecule is COc1ccc(-c2n[nH]c(=S)n2/N=C\c2cccc(C)c2)cc1OC. The molecule has 0 unspecified atom stereocenters. The van der Waals surface area contributed by atoms with Gasteiger partial charge in [-0.25, -0.2) is 5.10 Å². The van der Waals surface area contributed by atoms with Gasteiger partial charge in [0.2, 0.25) is 4.77 Å². The summed E-state index contributed by atoms with van der Waals surface area (Å²) >= 11 is 5.30. The topological polar surface area (TPSA) is 64.4 Å². The van der Waals surface area contributed by atoms with Crippen molar-refractivity contribution in [2.75, 3.05) is 14.2 Å². The molecule has 0 radical (unpaired) electrons. The summed E-state index contributed by atoms with van der Waals surface area (Å²) in [6.07, 6.45) is 1.75. The zero-order valence-corrected chi connectivity index (χ0v) is 15.0. The summed E-state index contributed by atoms with van der Waals surface area (Å²) in [6, 6.07) is 13.6. The first kappa shape index (κ1) is 16.9.